The molecule has 1 amide bonds. The first kappa shape index (κ1) is 21.3. The van der Waals surface area contributed by atoms with E-state index in [0.717, 1.165) is 16.9 Å². The predicted octanol–water partition coefficient (Wildman–Crippen LogP) is 4.64. The first-order valence-electron chi connectivity index (χ1n) is 8.81. The number of nitrogens with one attached hydrogen (secondary N) is 1. The fraction of sp³-hybridized carbons (Fsp3) is 0.333. The molecule has 28 heavy (non-hydrogen) atoms. The summed E-state index contributed by atoms with van der Waals surface area (Å²) in [6.07, 6.45) is 1.66. The summed E-state index contributed by atoms with van der Waals surface area (Å²) in [5.74, 6) is -0.148. The van der Waals surface area contributed by atoms with Crippen LogP contribution in [-0.4, -0.2) is 40.5 Å². The third kappa shape index (κ3) is 4.84. The zero-order chi connectivity index (χ0) is 21.1. The Morgan fingerprint density at radius 2 is 1.89 bits per heavy atom. The molecule has 7 heteroatoms. The van der Waals surface area contributed by atoms with Crippen molar-refractivity contribution < 1.29 is 4.79 Å². The van der Waals surface area contributed by atoms with Gasteiger partial charge in [-0.15, -0.1) is 0 Å². The second-order valence-corrected chi connectivity index (χ2v) is 8.04. The first-order chi connectivity index (χ1) is 13.0. The van der Waals surface area contributed by atoms with Crippen molar-refractivity contribution in [2.45, 2.75) is 33.2 Å². The van der Waals surface area contributed by atoms with Crippen LogP contribution in [0.3, 0.4) is 0 Å². The minimum Gasteiger partial charge on any atom is -0.343 e. The maximum absolute atomic E-state index is 12.1. The molecule has 0 spiro atoms. The van der Waals surface area contributed by atoms with Gasteiger partial charge in [-0.25, -0.2) is 9.83 Å². The number of carbonyl (C=O) groups is 1. The number of pyridine rings is 1. The predicted molar refractivity (Wildman–Crippen MR) is 118 cm³/mol. The molecule has 1 heterocycles. The van der Waals surface area contributed by atoms with E-state index < -0.39 is 0 Å². The Kier molecular flexibility index (Phi) is 6.37. The van der Waals surface area contributed by atoms with Crippen molar-refractivity contribution >= 4 is 40.3 Å². The molecule has 1 aromatic heterocycles. The van der Waals surface area contributed by atoms with Gasteiger partial charge in [0.05, 0.1) is 18.5 Å². The zero-order valence-corrected chi connectivity index (χ0v) is 17.9. The molecule has 0 saturated carbocycles. The van der Waals surface area contributed by atoms with E-state index in [0.29, 0.717) is 16.5 Å². The summed E-state index contributed by atoms with van der Waals surface area (Å²) < 4.78 is 0. The van der Waals surface area contributed by atoms with Gasteiger partial charge in [0.15, 0.2) is 10.8 Å². The van der Waals surface area contributed by atoms with E-state index in [1.807, 2.05) is 50.8 Å². The summed E-state index contributed by atoms with van der Waals surface area (Å²) in [6.45, 7) is 15.2. The lowest BCUT2D eigenvalue weighted by molar-refractivity contribution is 0.0822. The van der Waals surface area contributed by atoms with Gasteiger partial charge in [0.25, 0.3) is 5.91 Å². The lowest BCUT2D eigenvalue weighted by Crippen LogP contribution is -2.48. The molecule has 0 aliphatic heterocycles. The van der Waals surface area contributed by atoms with E-state index in [2.05, 4.69) is 15.1 Å². The molecule has 0 bridgehead atoms. The molecule has 0 saturated heterocycles. The summed E-state index contributed by atoms with van der Waals surface area (Å²) in [4.78, 5) is 23.3. The summed E-state index contributed by atoms with van der Waals surface area (Å²) in [7, 11) is 3.39. The van der Waals surface area contributed by atoms with Crippen molar-refractivity contribution in [3.05, 3.63) is 59.2 Å². The van der Waals surface area contributed by atoms with Gasteiger partial charge in [-0.2, -0.15) is 0 Å². The van der Waals surface area contributed by atoms with Crippen molar-refractivity contribution in [3.63, 3.8) is 0 Å². The highest BCUT2D eigenvalue weighted by atomic mass is 32.1. The van der Waals surface area contributed by atoms with Crippen LogP contribution in [-0.2, 0) is 0 Å². The molecule has 1 aromatic carbocycles. The van der Waals surface area contributed by atoms with Crippen LogP contribution in [0.2, 0.25) is 0 Å². The summed E-state index contributed by atoms with van der Waals surface area (Å²) in [5, 5.41) is 3.76. The van der Waals surface area contributed by atoms with Crippen molar-refractivity contribution in [2.24, 2.45) is 0 Å². The number of benzene rings is 1. The number of aromatic nitrogens is 1. The van der Waals surface area contributed by atoms with Crippen LogP contribution in [0, 0.1) is 13.5 Å². The smallest absolute Gasteiger partial charge is 0.271 e. The molecule has 0 atom stereocenters. The number of hydrogen-bond acceptors (Lipinski definition) is 3. The lowest BCUT2D eigenvalue weighted by Gasteiger charge is -2.37. The average molecular weight is 396 g/mol. The SMILES string of the molecule is [C-]#[N+]c1ccc(NC(=S)N(c2ccc(C(=O)N(C)C)nc2)C(C)(C)C)cc1C. The molecular weight excluding hydrogens is 370 g/mol. The second kappa shape index (κ2) is 8.36. The van der Waals surface area contributed by atoms with Crippen LogP contribution in [0.1, 0.15) is 36.8 Å². The van der Waals surface area contributed by atoms with E-state index in [-0.39, 0.29) is 11.4 Å². The Hall–Kier alpha value is -2.98. The van der Waals surface area contributed by atoms with Gasteiger partial charge in [0, 0.05) is 25.3 Å². The quantitative estimate of drug-likeness (QED) is 0.606. The van der Waals surface area contributed by atoms with Crippen LogP contribution in [0.15, 0.2) is 36.5 Å². The molecule has 0 aliphatic rings. The Morgan fingerprint density at radius 1 is 1.21 bits per heavy atom. The van der Waals surface area contributed by atoms with Gasteiger partial charge in [-0.1, -0.05) is 6.07 Å². The van der Waals surface area contributed by atoms with Crippen molar-refractivity contribution in [1.29, 1.82) is 0 Å². The molecule has 1 N–H and O–H groups in total. The number of nitrogens with zero attached hydrogens (tertiary/aromatic N) is 4. The number of aryl methyl sites for hydroxylation is 1. The van der Waals surface area contributed by atoms with Crippen LogP contribution in [0.4, 0.5) is 17.1 Å². The number of rotatable bonds is 3. The van der Waals surface area contributed by atoms with E-state index in [1.54, 1.807) is 32.4 Å². The van der Waals surface area contributed by atoms with E-state index >= 15 is 0 Å². The third-order valence-electron chi connectivity index (χ3n) is 4.07. The third-order valence-corrected chi connectivity index (χ3v) is 4.36. The van der Waals surface area contributed by atoms with Crippen molar-refractivity contribution in [1.82, 2.24) is 9.88 Å². The largest absolute Gasteiger partial charge is 0.343 e. The van der Waals surface area contributed by atoms with E-state index in [4.69, 9.17) is 18.8 Å². The van der Waals surface area contributed by atoms with E-state index in [9.17, 15) is 4.79 Å². The standard InChI is InChI=1S/C21H25N5OS/c1-14-12-15(8-10-17(14)22-5)24-20(28)26(21(2,3)4)16-9-11-18(23-13-16)19(27)25(6)7/h8-13H,1-4,6-7H3,(H,24,28). The Balaban J connectivity index is 2.31. The van der Waals surface area contributed by atoms with Gasteiger partial charge >= 0.3 is 0 Å². The minimum absolute atomic E-state index is 0.148. The molecule has 146 valence electrons. The fourth-order valence-electron chi connectivity index (χ4n) is 2.72. The number of hydrogen-bond donors (Lipinski definition) is 1. The van der Waals surface area contributed by atoms with Gasteiger partial charge in [0.2, 0.25) is 0 Å². The molecule has 2 rings (SSSR count). The van der Waals surface area contributed by atoms with Gasteiger partial charge in [0.1, 0.15) is 5.69 Å². The molecule has 0 aliphatic carbocycles. The highest BCUT2D eigenvalue weighted by Gasteiger charge is 2.26. The van der Waals surface area contributed by atoms with Crippen LogP contribution >= 0.6 is 12.2 Å². The highest BCUT2D eigenvalue weighted by molar-refractivity contribution is 7.80. The Morgan fingerprint density at radius 3 is 2.36 bits per heavy atom. The Bertz CT molecular complexity index is 923. The molecular formula is C21H25N5OS. The number of carbonyl (C=O) groups excluding carboxylic acids is 1. The van der Waals surface area contributed by atoms with Crippen molar-refractivity contribution in [3.8, 4) is 0 Å². The molecule has 2 aromatic rings. The van der Waals surface area contributed by atoms with Gasteiger partial charge in [-0.3, -0.25) is 4.79 Å². The first-order valence-corrected chi connectivity index (χ1v) is 9.22. The maximum Gasteiger partial charge on any atom is 0.271 e. The fourth-order valence-corrected chi connectivity index (χ4v) is 3.22. The molecule has 0 unspecified atom stereocenters. The van der Waals surface area contributed by atoms with Gasteiger partial charge in [-0.05, 0) is 69.7 Å². The highest BCUT2D eigenvalue weighted by Crippen LogP contribution is 2.27. The summed E-state index contributed by atoms with van der Waals surface area (Å²) in [5.41, 5.74) is 3.18. The topological polar surface area (TPSA) is 52.8 Å². The zero-order valence-electron chi connectivity index (χ0n) is 17.1. The van der Waals surface area contributed by atoms with Crippen LogP contribution in [0.25, 0.3) is 4.85 Å². The Labute approximate surface area is 172 Å². The molecule has 6 nitrogen and oxygen atoms in total. The average Bonchev–Trinajstić information content (AvgIpc) is 2.60. The van der Waals surface area contributed by atoms with E-state index in [1.165, 1.54) is 4.90 Å². The monoisotopic (exact) mass is 395 g/mol. The minimum atomic E-state index is -0.315. The van der Waals surface area contributed by atoms with Crippen molar-refractivity contribution in [2.75, 3.05) is 24.3 Å². The summed E-state index contributed by atoms with van der Waals surface area (Å²) in [6, 6.07) is 9.06. The van der Waals surface area contributed by atoms with Crippen LogP contribution in [0.5, 0.6) is 0 Å². The number of anilines is 2. The molecule has 0 fully saturated rings. The summed E-state index contributed by atoms with van der Waals surface area (Å²) >= 11 is 5.67. The van der Waals surface area contributed by atoms with Gasteiger partial charge < -0.3 is 15.1 Å². The van der Waals surface area contributed by atoms with Crippen LogP contribution < -0.4 is 10.2 Å². The normalized spacial score (nSPS) is 10.8. The number of amides is 1. The lowest BCUT2D eigenvalue weighted by atomic mass is 10.1. The molecule has 0 radical (unpaired) electrons. The number of thiocarbonyl (C=S) groups is 1. The maximum atomic E-state index is 12.1. The second-order valence-electron chi connectivity index (χ2n) is 7.65.